The van der Waals surface area contributed by atoms with Gasteiger partial charge >= 0.3 is 5.97 Å². The van der Waals surface area contributed by atoms with Crippen LogP contribution in [0.5, 0.6) is 0 Å². The number of anilines is 1. The van der Waals surface area contributed by atoms with Gasteiger partial charge in [-0.3, -0.25) is 14.3 Å². The van der Waals surface area contributed by atoms with E-state index < -0.39 is 5.97 Å². The molecule has 0 unspecified atom stereocenters. The predicted molar refractivity (Wildman–Crippen MR) is 73.7 cm³/mol. The zero-order valence-electron chi connectivity index (χ0n) is 11.3. The summed E-state index contributed by atoms with van der Waals surface area (Å²) in [5.41, 5.74) is 2.99. The van der Waals surface area contributed by atoms with Gasteiger partial charge in [-0.05, 0) is 37.1 Å². The monoisotopic (exact) mass is 273 g/mol. The molecule has 0 fully saturated rings. The molecule has 2 rings (SSSR count). The number of aromatic nitrogens is 2. The number of carboxylic acid groups (broad SMARTS) is 1. The number of hydrogen-bond acceptors (Lipinski definition) is 3. The topological polar surface area (TPSA) is 84.2 Å². The van der Waals surface area contributed by atoms with Crippen molar-refractivity contribution in [2.24, 2.45) is 0 Å². The van der Waals surface area contributed by atoms with Gasteiger partial charge in [0.2, 0.25) is 0 Å². The third-order valence-corrected chi connectivity index (χ3v) is 3.02. The van der Waals surface area contributed by atoms with Crippen LogP contribution in [0.4, 0.5) is 5.69 Å². The lowest BCUT2D eigenvalue weighted by Gasteiger charge is -2.09. The highest BCUT2D eigenvalue weighted by Gasteiger charge is 2.12. The molecule has 6 heteroatoms. The summed E-state index contributed by atoms with van der Waals surface area (Å²) in [6.45, 7) is 3.62. The molecule has 0 aliphatic rings. The van der Waals surface area contributed by atoms with Gasteiger partial charge in [0.15, 0.2) is 5.69 Å². The van der Waals surface area contributed by atoms with E-state index >= 15 is 0 Å². The highest BCUT2D eigenvalue weighted by atomic mass is 16.4. The summed E-state index contributed by atoms with van der Waals surface area (Å²) in [6.07, 6.45) is 1.46. The average Bonchev–Trinajstić information content (AvgIpc) is 2.82. The van der Waals surface area contributed by atoms with Crippen molar-refractivity contribution < 1.29 is 14.7 Å². The molecule has 1 amide bonds. The Hall–Kier alpha value is -2.63. The molecule has 0 aliphatic heterocycles. The average molecular weight is 273 g/mol. The fourth-order valence-electron chi connectivity index (χ4n) is 1.78. The molecule has 1 aromatic heterocycles. The van der Waals surface area contributed by atoms with Gasteiger partial charge in [-0.1, -0.05) is 12.1 Å². The molecule has 2 N–H and O–H groups in total. The Morgan fingerprint density at radius 1 is 1.30 bits per heavy atom. The first-order chi connectivity index (χ1) is 9.47. The molecule has 0 bridgehead atoms. The Morgan fingerprint density at radius 2 is 2.05 bits per heavy atom. The molecular weight excluding hydrogens is 258 g/mol. The van der Waals surface area contributed by atoms with Crippen molar-refractivity contribution in [3.05, 3.63) is 47.3 Å². The molecule has 0 atom stereocenters. The maximum Gasteiger partial charge on any atom is 0.325 e. The van der Waals surface area contributed by atoms with Crippen LogP contribution in [0.3, 0.4) is 0 Å². The Kier molecular flexibility index (Phi) is 3.84. The van der Waals surface area contributed by atoms with E-state index in [1.807, 2.05) is 32.0 Å². The predicted octanol–water partition coefficient (Wildman–Crippen LogP) is 1.84. The number of aryl methyl sites for hydroxylation is 1. The number of hydrogen-bond donors (Lipinski definition) is 2. The quantitative estimate of drug-likeness (QED) is 0.890. The van der Waals surface area contributed by atoms with E-state index in [0.29, 0.717) is 0 Å². The number of aliphatic carboxylic acids is 1. The van der Waals surface area contributed by atoms with Crippen LogP contribution in [0.25, 0.3) is 0 Å². The summed E-state index contributed by atoms with van der Waals surface area (Å²) in [6, 6.07) is 7.13. The van der Waals surface area contributed by atoms with E-state index in [1.54, 1.807) is 0 Å². The SMILES string of the molecule is Cc1cccc(NC(=O)c2ccn(CC(=O)O)n2)c1C. The summed E-state index contributed by atoms with van der Waals surface area (Å²) in [5.74, 6) is -1.36. The van der Waals surface area contributed by atoms with E-state index in [4.69, 9.17) is 5.11 Å². The number of amides is 1. The molecule has 104 valence electrons. The van der Waals surface area contributed by atoms with Crippen molar-refractivity contribution in [1.29, 1.82) is 0 Å². The first-order valence-corrected chi connectivity index (χ1v) is 6.10. The van der Waals surface area contributed by atoms with Crippen molar-refractivity contribution in [3.63, 3.8) is 0 Å². The van der Waals surface area contributed by atoms with Crippen molar-refractivity contribution in [2.45, 2.75) is 20.4 Å². The Labute approximate surface area is 116 Å². The smallest absolute Gasteiger partial charge is 0.325 e. The molecule has 0 aliphatic carbocycles. The number of carbonyl (C=O) groups is 2. The van der Waals surface area contributed by atoms with E-state index in [0.717, 1.165) is 16.8 Å². The summed E-state index contributed by atoms with van der Waals surface area (Å²) in [4.78, 5) is 22.6. The molecule has 0 saturated heterocycles. The van der Waals surface area contributed by atoms with Gasteiger partial charge < -0.3 is 10.4 Å². The Bertz CT molecular complexity index is 661. The highest BCUT2D eigenvalue weighted by Crippen LogP contribution is 2.18. The molecular formula is C14H15N3O3. The van der Waals surface area contributed by atoms with E-state index in [2.05, 4.69) is 10.4 Å². The summed E-state index contributed by atoms with van der Waals surface area (Å²) in [7, 11) is 0. The normalized spacial score (nSPS) is 10.3. The number of nitrogens with one attached hydrogen (secondary N) is 1. The van der Waals surface area contributed by atoms with Crippen molar-refractivity contribution >= 4 is 17.6 Å². The van der Waals surface area contributed by atoms with Crippen LogP contribution < -0.4 is 5.32 Å². The van der Waals surface area contributed by atoms with Crippen LogP contribution in [-0.4, -0.2) is 26.8 Å². The molecule has 1 heterocycles. The minimum atomic E-state index is -1.01. The third kappa shape index (κ3) is 3.03. The van der Waals surface area contributed by atoms with Gasteiger partial charge in [0.25, 0.3) is 5.91 Å². The molecule has 0 saturated carbocycles. The van der Waals surface area contributed by atoms with E-state index in [-0.39, 0.29) is 18.1 Å². The zero-order chi connectivity index (χ0) is 14.7. The lowest BCUT2D eigenvalue weighted by molar-refractivity contribution is -0.137. The molecule has 0 radical (unpaired) electrons. The van der Waals surface area contributed by atoms with Crippen LogP contribution in [0, 0.1) is 13.8 Å². The maximum absolute atomic E-state index is 12.0. The van der Waals surface area contributed by atoms with Gasteiger partial charge in [-0.15, -0.1) is 0 Å². The number of carboxylic acids is 1. The van der Waals surface area contributed by atoms with E-state index in [1.165, 1.54) is 16.9 Å². The minimum absolute atomic E-state index is 0.187. The van der Waals surface area contributed by atoms with Crippen LogP contribution in [0.15, 0.2) is 30.5 Å². The first kappa shape index (κ1) is 13.8. The van der Waals surface area contributed by atoms with Crippen molar-refractivity contribution in [3.8, 4) is 0 Å². The maximum atomic E-state index is 12.0. The second kappa shape index (κ2) is 5.56. The van der Waals surface area contributed by atoms with Crippen LogP contribution in [0.1, 0.15) is 21.6 Å². The highest BCUT2D eigenvalue weighted by molar-refractivity contribution is 6.03. The van der Waals surface area contributed by atoms with Gasteiger partial charge in [-0.25, -0.2) is 0 Å². The fourth-order valence-corrected chi connectivity index (χ4v) is 1.78. The Morgan fingerprint density at radius 3 is 2.75 bits per heavy atom. The second-order valence-electron chi connectivity index (χ2n) is 4.49. The van der Waals surface area contributed by atoms with Crippen LogP contribution in [-0.2, 0) is 11.3 Å². The molecule has 20 heavy (non-hydrogen) atoms. The van der Waals surface area contributed by atoms with Crippen LogP contribution in [0.2, 0.25) is 0 Å². The largest absolute Gasteiger partial charge is 0.480 e. The van der Waals surface area contributed by atoms with Gasteiger partial charge in [0, 0.05) is 11.9 Å². The van der Waals surface area contributed by atoms with Gasteiger partial charge in [0.05, 0.1) is 0 Å². The number of benzene rings is 1. The molecule has 6 nitrogen and oxygen atoms in total. The fraction of sp³-hybridized carbons (Fsp3) is 0.214. The van der Waals surface area contributed by atoms with Crippen molar-refractivity contribution in [1.82, 2.24) is 9.78 Å². The summed E-state index contributed by atoms with van der Waals surface area (Å²) in [5, 5.41) is 15.3. The molecule has 2 aromatic rings. The summed E-state index contributed by atoms with van der Waals surface area (Å²) >= 11 is 0. The third-order valence-electron chi connectivity index (χ3n) is 3.02. The number of nitrogens with zero attached hydrogens (tertiary/aromatic N) is 2. The summed E-state index contributed by atoms with van der Waals surface area (Å²) < 4.78 is 1.21. The lowest BCUT2D eigenvalue weighted by atomic mass is 10.1. The lowest BCUT2D eigenvalue weighted by Crippen LogP contribution is -2.15. The van der Waals surface area contributed by atoms with Gasteiger partial charge in [0.1, 0.15) is 6.54 Å². The minimum Gasteiger partial charge on any atom is -0.480 e. The Balaban J connectivity index is 2.14. The number of carbonyl (C=O) groups excluding carboxylic acids is 1. The van der Waals surface area contributed by atoms with Gasteiger partial charge in [-0.2, -0.15) is 5.10 Å². The number of rotatable bonds is 4. The van der Waals surface area contributed by atoms with E-state index in [9.17, 15) is 9.59 Å². The zero-order valence-corrected chi connectivity index (χ0v) is 11.3. The standard InChI is InChI=1S/C14H15N3O3/c1-9-4-3-5-11(10(9)2)15-14(20)12-6-7-17(16-12)8-13(18)19/h3-7H,8H2,1-2H3,(H,15,20)(H,18,19). The van der Waals surface area contributed by atoms with Crippen molar-refractivity contribution in [2.75, 3.05) is 5.32 Å². The molecule has 0 spiro atoms. The van der Waals surface area contributed by atoms with Crippen LogP contribution >= 0.6 is 0 Å². The second-order valence-corrected chi connectivity index (χ2v) is 4.49. The molecule has 1 aromatic carbocycles. The first-order valence-electron chi connectivity index (χ1n) is 6.10.